The first-order chi connectivity index (χ1) is 13.8. The van der Waals surface area contributed by atoms with Gasteiger partial charge in [0.05, 0.1) is 6.26 Å². The molecule has 2 rings (SSSR count). The van der Waals surface area contributed by atoms with E-state index in [1.165, 1.54) is 63.4 Å². The van der Waals surface area contributed by atoms with Gasteiger partial charge in [-0.25, -0.2) is 9.97 Å². The Kier molecular flexibility index (Phi) is 11.0. The number of unbranched alkanes of at least 4 members (excludes halogenated alkanes) is 8. The third-order valence-corrected chi connectivity index (χ3v) is 4.91. The monoisotopic (exact) mass is 380 g/mol. The summed E-state index contributed by atoms with van der Waals surface area (Å²) in [6.07, 6.45) is 21.7. The van der Waals surface area contributed by atoms with E-state index in [9.17, 15) is 0 Å². The molecule has 28 heavy (non-hydrogen) atoms. The molecule has 0 radical (unpaired) electrons. The van der Waals surface area contributed by atoms with Gasteiger partial charge < -0.3 is 4.74 Å². The van der Waals surface area contributed by atoms with Crippen molar-refractivity contribution in [1.29, 1.82) is 0 Å². The van der Waals surface area contributed by atoms with Crippen LogP contribution in [0, 0.1) is 0 Å². The van der Waals surface area contributed by atoms with Crippen molar-refractivity contribution in [3.05, 3.63) is 54.6 Å². The largest absolute Gasteiger partial charge is 0.465 e. The second-order valence-electron chi connectivity index (χ2n) is 7.44. The minimum absolute atomic E-state index is 0.772. The molecule has 3 nitrogen and oxygen atoms in total. The van der Waals surface area contributed by atoms with Crippen LogP contribution < -0.4 is 4.74 Å². The first-order valence-electron chi connectivity index (χ1n) is 11.1. The fraction of sp³-hybridized carbons (Fsp3) is 0.520. The summed E-state index contributed by atoms with van der Waals surface area (Å²) in [6, 6.07) is 7.96. The molecule has 2 aromatic rings. The number of ether oxygens (including phenoxy) is 1. The van der Waals surface area contributed by atoms with Crippen molar-refractivity contribution in [3.8, 4) is 17.1 Å². The zero-order valence-electron chi connectivity index (χ0n) is 17.7. The van der Waals surface area contributed by atoms with Crippen LogP contribution in [0.1, 0.15) is 83.6 Å². The fourth-order valence-electron chi connectivity index (χ4n) is 3.12. The highest BCUT2D eigenvalue weighted by Crippen LogP contribution is 2.20. The van der Waals surface area contributed by atoms with Gasteiger partial charge in [0.1, 0.15) is 5.75 Å². The zero-order chi connectivity index (χ0) is 19.9. The van der Waals surface area contributed by atoms with Crippen LogP contribution in [-0.4, -0.2) is 9.97 Å². The van der Waals surface area contributed by atoms with Gasteiger partial charge in [-0.2, -0.15) is 0 Å². The van der Waals surface area contributed by atoms with E-state index in [4.69, 9.17) is 4.74 Å². The molecule has 0 N–H and O–H groups in total. The highest BCUT2D eigenvalue weighted by molar-refractivity contribution is 5.55. The first-order valence-corrected chi connectivity index (χ1v) is 11.1. The smallest absolute Gasteiger partial charge is 0.159 e. The molecule has 0 saturated carbocycles. The average Bonchev–Trinajstić information content (AvgIpc) is 2.74. The van der Waals surface area contributed by atoms with Crippen molar-refractivity contribution < 1.29 is 4.74 Å². The van der Waals surface area contributed by atoms with Gasteiger partial charge in [0.15, 0.2) is 5.82 Å². The summed E-state index contributed by atoms with van der Waals surface area (Å²) in [7, 11) is 0. The fourth-order valence-corrected chi connectivity index (χ4v) is 3.12. The number of hydrogen-bond donors (Lipinski definition) is 0. The quantitative estimate of drug-likeness (QED) is 0.251. The Morgan fingerprint density at radius 2 is 1.43 bits per heavy atom. The van der Waals surface area contributed by atoms with Gasteiger partial charge in [-0.3, -0.25) is 0 Å². The van der Waals surface area contributed by atoms with Crippen LogP contribution >= 0.6 is 0 Å². The van der Waals surface area contributed by atoms with Crippen LogP contribution in [-0.2, 0) is 6.42 Å². The van der Waals surface area contributed by atoms with Crippen molar-refractivity contribution in [2.45, 2.75) is 84.5 Å². The van der Waals surface area contributed by atoms with Crippen LogP contribution in [0.25, 0.3) is 11.4 Å². The van der Waals surface area contributed by atoms with Gasteiger partial charge in [0.2, 0.25) is 0 Å². The molecule has 1 heterocycles. The topological polar surface area (TPSA) is 35.0 Å². The molecule has 152 valence electrons. The summed E-state index contributed by atoms with van der Waals surface area (Å²) in [6.45, 7) is 4.45. The zero-order valence-corrected chi connectivity index (χ0v) is 17.7. The predicted octanol–water partition coefficient (Wildman–Crippen LogP) is 7.52. The normalized spacial score (nSPS) is 11.2. The van der Waals surface area contributed by atoms with E-state index in [-0.39, 0.29) is 0 Å². The molecule has 3 heteroatoms. The molecule has 0 unspecified atom stereocenters. The van der Waals surface area contributed by atoms with E-state index in [0.29, 0.717) is 0 Å². The molecular formula is C25H36N2O. The highest BCUT2D eigenvalue weighted by atomic mass is 16.5. The van der Waals surface area contributed by atoms with Crippen molar-refractivity contribution in [1.82, 2.24) is 9.97 Å². The van der Waals surface area contributed by atoms with Crippen molar-refractivity contribution in [3.63, 3.8) is 0 Å². The molecule has 0 bridgehead atoms. The summed E-state index contributed by atoms with van der Waals surface area (Å²) in [5, 5.41) is 0. The van der Waals surface area contributed by atoms with E-state index in [2.05, 4.69) is 29.9 Å². The lowest BCUT2D eigenvalue weighted by molar-refractivity contribution is 0.478. The Labute approximate surface area is 171 Å². The van der Waals surface area contributed by atoms with Crippen LogP contribution in [0.5, 0.6) is 5.75 Å². The number of benzene rings is 1. The SMILES string of the molecule is CCCC/C=C/Oc1ccc(-c2ncc(CCCCCCCCC)cn2)cc1. The van der Waals surface area contributed by atoms with E-state index in [1.54, 1.807) is 6.26 Å². The Hall–Kier alpha value is -2.16. The Balaban J connectivity index is 1.74. The standard InChI is InChI=1S/C25H36N2O/c1-3-5-7-9-10-11-12-14-22-20-26-25(27-21-22)23-15-17-24(18-16-23)28-19-13-8-6-4-2/h13,15-21H,3-12,14H2,1-2H3/b19-13+. The molecule has 1 aromatic heterocycles. The minimum atomic E-state index is 0.772. The lowest BCUT2D eigenvalue weighted by Crippen LogP contribution is -1.93. The van der Waals surface area contributed by atoms with Gasteiger partial charge in [0, 0.05) is 18.0 Å². The summed E-state index contributed by atoms with van der Waals surface area (Å²) >= 11 is 0. The Bertz CT molecular complexity index is 662. The third kappa shape index (κ3) is 8.69. The van der Waals surface area contributed by atoms with E-state index in [1.807, 2.05) is 36.7 Å². The summed E-state index contributed by atoms with van der Waals surface area (Å²) < 4.78 is 5.63. The van der Waals surface area contributed by atoms with Crippen molar-refractivity contribution >= 4 is 0 Å². The maximum Gasteiger partial charge on any atom is 0.159 e. The summed E-state index contributed by atoms with van der Waals surface area (Å²) in [5.74, 6) is 1.61. The number of allylic oxidation sites excluding steroid dienone is 1. The lowest BCUT2D eigenvalue weighted by Gasteiger charge is -2.05. The number of aryl methyl sites for hydroxylation is 1. The average molecular weight is 381 g/mol. The number of aromatic nitrogens is 2. The van der Waals surface area contributed by atoms with E-state index >= 15 is 0 Å². The third-order valence-electron chi connectivity index (χ3n) is 4.91. The Morgan fingerprint density at radius 1 is 0.786 bits per heavy atom. The number of rotatable bonds is 14. The second kappa shape index (κ2) is 13.9. The van der Waals surface area contributed by atoms with Crippen molar-refractivity contribution in [2.24, 2.45) is 0 Å². The van der Waals surface area contributed by atoms with Gasteiger partial charge in [0.25, 0.3) is 0 Å². The first kappa shape index (κ1) is 22.1. The highest BCUT2D eigenvalue weighted by Gasteiger charge is 2.02. The maximum absolute atomic E-state index is 5.63. The molecular weight excluding hydrogens is 344 g/mol. The molecule has 0 fully saturated rings. The van der Waals surface area contributed by atoms with Crippen LogP contribution in [0.2, 0.25) is 0 Å². The molecule has 0 spiro atoms. The van der Waals surface area contributed by atoms with Gasteiger partial charge in [-0.15, -0.1) is 0 Å². The van der Waals surface area contributed by atoms with Crippen molar-refractivity contribution in [2.75, 3.05) is 0 Å². The molecule has 0 aliphatic rings. The van der Waals surface area contributed by atoms with Gasteiger partial charge in [-0.1, -0.05) is 58.8 Å². The second-order valence-corrected chi connectivity index (χ2v) is 7.44. The van der Waals surface area contributed by atoms with Gasteiger partial charge in [-0.05, 0) is 61.6 Å². The number of nitrogens with zero attached hydrogens (tertiary/aromatic N) is 2. The lowest BCUT2D eigenvalue weighted by atomic mass is 10.1. The molecule has 0 atom stereocenters. The minimum Gasteiger partial charge on any atom is -0.465 e. The van der Waals surface area contributed by atoms with Crippen LogP contribution in [0.4, 0.5) is 0 Å². The predicted molar refractivity (Wildman–Crippen MR) is 118 cm³/mol. The molecule has 0 amide bonds. The number of hydrogen-bond acceptors (Lipinski definition) is 3. The van der Waals surface area contributed by atoms with E-state index in [0.717, 1.165) is 30.0 Å². The molecule has 0 saturated heterocycles. The molecule has 0 aliphatic heterocycles. The van der Waals surface area contributed by atoms with E-state index < -0.39 is 0 Å². The van der Waals surface area contributed by atoms with Gasteiger partial charge >= 0.3 is 0 Å². The van der Waals surface area contributed by atoms with Crippen LogP contribution in [0.15, 0.2) is 49.0 Å². The molecule has 0 aliphatic carbocycles. The molecule has 1 aromatic carbocycles. The van der Waals surface area contributed by atoms with Crippen LogP contribution in [0.3, 0.4) is 0 Å². The Morgan fingerprint density at radius 3 is 2.11 bits per heavy atom. The summed E-state index contributed by atoms with van der Waals surface area (Å²) in [4.78, 5) is 9.10. The maximum atomic E-state index is 5.63. The summed E-state index contributed by atoms with van der Waals surface area (Å²) in [5.41, 5.74) is 2.25.